The quantitative estimate of drug-likeness (QED) is 0.792. The summed E-state index contributed by atoms with van der Waals surface area (Å²) in [7, 11) is 1.48. The minimum atomic E-state index is -0.743. The van der Waals surface area contributed by atoms with E-state index in [1.165, 1.54) is 19.5 Å². The average molecular weight is 288 g/mol. The van der Waals surface area contributed by atoms with Gasteiger partial charge in [0, 0.05) is 32.2 Å². The summed E-state index contributed by atoms with van der Waals surface area (Å²) >= 11 is 0. The molecule has 0 aromatic carbocycles. The van der Waals surface area contributed by atoms with Crippen LogP contribution in [0.4, 0.5) is 0 Å². The molecule has 7 nitrogen and oxygen atoms in total. The predicted molar refractivity (Wildman–Crippen MR) is 75.5 cm³/mol. The number of nitrogens with zero attached hydrogens (tertiary/aromatic N) is 3. The molecule has 2 N–H and O–H groups in total. The molecule has 2 heterocycles. The summed E-state index contributed by atoms with van der Waals surface area (Å²) in [6.45, 7) is 0.268. The van der Waals surface area contributed by atoms with Crippen molar-refractivity contribution in [3.8, 4) is 11.5 Å². The van der Waals surface area contributed by atoms with E-state index in [0.717, 1.165) is 0 Å². The van der Waals surface area contributed by atoms with Crippen LogP contribution in [-0.4, -0.2) is 52.3 Å². The number of ether oxygens (including phenoxy) is 1. The van der Waals surface area contributed by atoms with Crippen LogP contribution in [0.3, 0.4) is 0 Å². The number of hydrogen-bond donors (Lipinski definition) is 2. The Labute approximate surface area is 122 Å². The smallest absolute Gasteiger partial charge is 0.254 e. The summed E-state index contributed by atoms with van der Waals surface area (Å²) in [5, 5.41) is 12.0. The first-order valence-electron chi connectivity index (χ1n) is 6.39. The molecule has 110 valence electrons. The molecule has 2 aromatic rings. The normalized spacial score (nSPS) is 11.9. The van der Waals surface area contributed by atoms with Gasteiger partial charge in [-0.15, -0.1) is 0 Å². The molecule has 1 amide bonds. The molecule has 0 saturated carbocycles. The highest BCUT2D eigenvalue weighted by Crippen LogP contribution is 2.09. The topological polar surface area (TPSA) is 97.2 Å². The molecule has 0 bridgehead atoms. The number of aliphatic hydroxyl groups is 1. The van der Waals surface area contributed by atoms with Gasteiger partial charge in [-0.1, -0.05) is 6.07 Å². The first kappa shape index (κ1) is 15.0. The molecule has 2 rings (SSSR count). The molecule has 1 atom stereocenters. The Hall–Kier alpha value is -2.38. The number of carbonyl (C=O) groups excluding carboxylic acids is 1. The lowest BCUT2D eigenvalue weighted by Crippen LogP contribution is -2.34. The molecular formula is C14H16N4O3. The fourth-order valence-electron chi connectivity index (χ4n) is 1.64. The van der Waals surface area contributed by atoms with Gasteiger partial charge in [0.15, 0.2) is 5.82 Å². The lowest BCUT2D eigenvalue weighted by atomic mass is 10.3. The number of pyridine rings is 1. The third-order valence-electron chi connectivity index (χ3n) is 2.67. The van der Waals surface area contributed by atoms with E-state index >= 15 is 0 Å². The zero-order chi connectivity index (χ0) is 15.1. The van der Waals surface area contributed by atoms with Gasteiger partial charge in [0.2, 0.25) is 0 Å². The number of aliphatic hydroxyl groups excluding tert-OH is 1. The van der Waals surface area contributed by atoms with Crippen molar-refractivity contribution in [2.24, 2.45) is 0 Å². The van der Waals surface area contributed by atoms with Crippen LogP contribution in [0.25, 0.3) is 11.5 Å². The highest BCUT2D eigenvalue weighted by molar-refractivity contribution is 5.93. The van der Waals surface area contributed by atoms with E-state index in [9.17, 15) is 9.90 Å². The van der Waals surface area contributed by atoms with E-state index in [4.69, 9.17) is 4.74 Å². The number of rotatable bonds is 6. The van der Waals surface area contributed by atoms with Gasteiger partial charge in [-0.2, -0.15) is 0 Å². The van der Waals surface area contributed by atoms with Crippen LogP contribution in [0.1, 0.15) is 10.4 Å². The summed E-state index contributed by atoms with van der Waals surface area (Å²) in [4.78, 5) is 24.2. The summed E-state index contributed by atoms with van der Waals surface area (Å²) in [6, 6.07) is 5.43. The molecule has 0 aliphatic rings. The van der Waals surface area contributed by atoms with Crippen molar-refractivity contribution < 1.29 is 14.6 Å². The van der Waals surface area contributed by atoms with Gasteiger partial charge in [-0.05, 0) is 12.1 Å². The standard InChI is InChI=1S/C14H16N4O3/c1-21-9-11(19)8-18-14(20)10-6-16-13(17-7-10)12-4-2-3-5-15-12/h2-7,11,19H,8-9H2,1H3,(H,18,20). The number of amides is 1. The summed E-state index contributed by atoms with van der Waals surface area (Å²) in [5.41, 5.74) is 0.958. The lowest BCUT2D eigenvalue weighted by molar-refractivity contribution is 0.0609. The van der Waals surface area contributed by atoms with E-state index in [0.29, 0.717) is 17.1 Å². The fraction of sp³-hybridized carbons (Fsp3) is 0.286. The zero-order valence-corrected chi connectivity index (χ0v) is 11.6. The molecule has 21 heavy (non-hydrogen) atoms. The van der Waals surface area contributed by atoms with Gasteiger partial charge < -0.3 is 15.2 Å². The summed E-state index contributed by atoms with van der Waals surface area (Å²) < 4.78 is 4.77. The van der Waals surface area contributed by atoms with E-state index < -0.39 is 6.10 Å². The van der Waals surface area contributed by atoms with Crippen molar-refractivity contribution in [3.05, 3.63) is 42.4 Å². The second-order valence-corrected chi connectivity index (χ2v) is 4.33. The van der Waals surface area contributed by atoms with Gasteiger partial charge in [-0.25, -0.2) is 9.97 Å². The van der Waals surface area contributed by atoms with Crippen molar-refractivity contribution in [2.45, 2.75) is 6.10 Å². The highest BCUT2D eigenvalue weighted by Gasteiger charge is 2.10. The van der Waals surface area contributed by atoms with Crippen LogP contribution in [0, 0.1) is 0 Å². The molecule has 7 heteroatoms. The molecule has 0 fully saturated rings. The van der Waals surface area contributed by atoms with Gasteiger partial charge in [0.1, 0.15) is 5.69 Å². The van der Waals surface area contributed by atoms with Gasteiger partial charge in [0.25, 0.3) is 5.91 Å². The van der Waals surface area contributed by atoms with Gasteiger partial charge >= 0.3 is 0 Å². The monoisotopic (exact) mass is 288 g/mol. The van der Waals surface area contributed by atoms with Crippen LogP contribution >= 0.6 is 0 Å². The first-order chi connectivity index (χ1) is 10.2. The third kappa shape index (κ3) is 4.30. The zero-order valence-electron chi connectivity index (χ0n) is 11.6. The van der Waals surface area contributed by atoms with E-state index in [1.807, 2.05) is 6.07 Å². The Morgan fingerprint density at radius 2 is 2.10 bits per heavy atom. The molecule has 2 aromatic heterocycles. The minimum Gasteiger partial charge on any atom is -0.389 e. The maximum atomic E-state index is 11.8. The Balaban J connectivity index is 1.97. The largest absolute Gasteiger partial charge is 0.389 e. The summed E-state index contributed by atoms with van der Waals surface area (Å²) in [5.74, 6) is 0.101. The lowest BCUT2D eigenvalue weighted by Gasteiger charge is -2.10. The molecule has 1 unspecified atom stereocenters. The van der Waals surface area contributed by atoms with Crippen molar-refractivity contribution in [1.82, 2.24) is 20.3 Å². The van der Waals surface area contributed by atoms with Gasteiger partial charge in [0.05, 0.1) is 18.3 Å². The van der Waals surface area contributed by atoms with Crippen LogP contribution in [-0.2, 0) is 4.74 Å². The molecule has 0 radical (unpaired) electrons. The Morgan fingerprint density at radius 1 is 1.33 bits per heavy atom. The van der Waals surface area contributed by atoms with Crippen LogP contribution in [0.5, 0.6) is 0 Å². The fourth-order valence-corrected chi connectivity index (χ4v) is 1.64. The number of aromatic nitrogens is 3. The van der Waals surface area contributed by atoms with Crippen molar-refractivity contribution >= 4 is 5.91 Å². The molecule has 0 aliphatic heterocycles. The van der Waals surface area contributed by atoms with Gasteiger partial charge in [-0.3, -0.25) is 9.78 Å². The van der Waals surface area contributed by atoms with E-state index in [2.05, 4.69) is 20.3 Å². The van der Waals surface area contributed by atoms with E-state index in [1.54, 1.807) is 18.3 Å². The average Bonchev–Trinajstić information content (AvgIpc) is 2.54. The van der Waals surface area contributed by atoms with Crippen molar-refractivity contribution in [3.63, 3.8) is 0 Å². The number of nitrogens with one attached hydrogen (secondary N) is 1. The number of methoxy groups -OCH3 is 1. The Bertz CT molecular complexity index is 575. The predicted octanol–water partition coefficient (Wildman–Crippen LogP) is 0.276. The van der Waals surface area contributed by atoms with Crippen LogP contribution < -0.4 is 5.32 Å². The first-order valence-corrected chi connectivity index (χ1v) is 6.39. The molecule has 0 aliphatic carbocycles. The maximum absolute atomic E-state index is 11.8. The SMILES string of the molecule is COCC(O)CNC(=O)c1cnc(-c2ccccn2)nc1. The second kappa shape index (κ2) is 7.41. The maximum Gasteiger partial charge on any atom is 0.254 e. The Kier molecular flexibility index (Phi) is 5.30. The van der Waals surface area contributed by atoms with Crippen molar-refractivity contribution in [1.29, 1.82) is 0 Å². The highest BCUT2D eigenvalue weighted by atomic mass is 16.5. The van der Waals surface area contributed by atoms with Crippen LogP contribution in [0.15, 0.2) is 36.8 Å². The van der Waals surface area contributed by atoms with E-state index in [-0.39, 0.29) is 19.1 Å². The molecular weight excluding hydrogens is 272 g/mol. The Morgan fingerprint density at radius 3 is 2.71 bits per heavy atom. The second-order valence-electron chi connectivity index (χ2n) is 4.33. The summed E-state index contributed by atoms with van der Waals surface area (Å²) in [6.07, 6.45) is 3.76. The molecule has 0 saturated heterocycles. The van der Waals surface area contributed by atoms with Crippen molar-refractivity contribution in [2.75, 3.05) is 20.3 Å². The number of carbonyl (C=O) groups is 1. The van der Waals surface area contributed by atoms with Crippen LogP contribution in [0.2, 0.25) is 0 Å². The third-order valence-corrected chi connectivity index (χ3v) is 2.67. The molecule has 0 spiro atoms. The number of hydrogen-bond acceptors (Lipinski definition) is 6. The minimum absolute atomic E-state index is 0.106.